The Morgan fingerprint density at radius 3 is 2.73 bits per heavy atom. The van der Waals surface area contributed by atoms with Gasteiger partial charge in [-0.05, 0) is 11.5 Å². The number of carbonyl (C=O) groups excluding carboxylic acids is 1. The lowest BCUT2D eigenvalue weighted by Crippen LogP contribution is -2.54. The van der Waals surface area contributed by atoms with E-state index in [9.17, 15) is 9.59 Å². The Bertz CT molecular complexity index is 362. The maximum absolute atomic E-state index is 11.4. The van der Waals surface area contributed by atoms with E-state index >= 15 is 0 Å². The minimum atomic E-state index is -0.975. The highest BCUT2D eigenvalue weighted by molar-refractivity contribution is 8.00. The molecule has 1 amide bonds. The molecule has 1 fully saturated rings. The molecule has 0 aliphatic carbocycles. The summed E-state index contributed by atoms with van der Waals surface area (Å²) in [7, 11) is 0. The summed E-state index contributed by atoms with van der Waals surface area (Å²) in [6.45, 7) is 3.92. The molecule has 0 spiro atoms. The summed E-state index contributed by atoms with van der Waals surface area (Å²) in [6, 6.07) is 0. The van der Waals surface area contributed by atoms with Crippen molar-refractivity contribution in [2.75, 3.05) is 5.75 Å². The summed E-state index contributed by atoms with van der Waals surface area (Å²) in [4.78, 5) is 23.9. The standard InChI is InChI=1S/C10H13NO3S/c1-5(2)6-4-15-8-3-7(12)11(8)9(6)10(13)14/h5,8H,3-4H2,1-2H3,(H,13,14)/t8-/m1/s1. The van der Waals surface area contributed by atoms with E-state index in [1.54, 1.807) is 11.8 Å². The number of thioether (sulfide) groups is 1. The summed E-state index contributed by atoms with van der Waals surface area (Å²) in [5, 5.41) is 9.20. The lowest BCUT2D eigenvalue weighted by atomic mass is 9.99. The maximum Gasteiger partial charge on any atom is 0.352 e. The summed E-state index contributed by atoms with van der Waals surface area (Å²) < 4.78 is 0. The lowest BCUT2D eigenvalue weighted by Gasteiger charge is -2.44. The number of carboxylic acid groups (broad SMARTS) is 1. The highest BCUT2D eigenvalue weighted by atomic mass is 32.2. The molecule has 0 unspecified atom stereocenters. The Morgan fingerprint density at radius 1 is 1.60 bits per heavy atom. The van der Waals surface area contributed by atoms with Gasteiger partial charge in [0.15, 0.2) is 0 Å². The van der Waals surface area contributed by atoms with Crippen LogP contribution in [0.25, 0.3) is 0 Å². The molecule has 0 radical (unpaired) electrons. The van der Waals surface area contributed by atoms with Crippen LogP contribution in [0.3, 0.4) is 0 Å². The van der Waals surface area contributed by atoms with E-state index < -0.39 is 5.97 Å². The van der Waals surface area contributed by atoms with Crippen molar-refractivity contribution in [1.29, 1.82) is 0 Å². The second-order valence-corrected chi connectivity index (χ2v) is 5.23. The number of hydrogen-bond acceptors (Lipinski definition) is 3. The normalized spacial score (nSPS) is 25.4. The van der Waals surface area contributed by atoms with Gasteiger partial charge in [-0.3, -0.25) is 9.69 Å². The first-order chi connectivity index (χ1) is 7.02. The van der Waals surface area contributed by atoms with Crippen LogP contribution in [0, 0.1) is 5.92 Å². The highest BCUT2D eigenvalue weighted by Crippen LogP contribution is 2.41. The Morgan fingerprint density at radius 2 is 2.27 bits per heavy atom. The van der Waals surface area contributed by atoms with Crippen molar-refractivity contribution in [3.05, 3.63) is 11.3 Å². The van der Waals surface area contributed by atoms with Crippen molar-refractivity contribution in [2.45, 2.75) is 25.6 Å². The molecule has 0 aromatic rings. The van der Waals surface area contributed by atoms with Gasteiger partial charge in [-0.25, -0.2) is 4.79 Å². The molecule has 0 aromatic heterocycles. The number of fused-ring (bicyclic) bond motifs is 1. The minimum Gasteiger partial charge on any atom is -0.477 e. The number of hydrogen-bond donors (Lipinski definition) is 1. The lowest BCUT2D eigenvalue weighted by molar-refractivity contribution is -0.146. The van der Waals surface area contributed by atoms with Crippen molar-refractivity contribution < 1.29 is 14.7 Å². The number of rotatable bonds is 2. The van der Waals surface area contributed by atoms with Crippen LogP contribution in [-0.4, -0.2) is 33.0 Å². The third kappa shape index (κ3) is 1.55. The van der Waals surface area contributed by atoms with E-state index in [0.29, 0.717) is 6.42 Å². The molecule has 4 nitrogen and oxygen atoms in total. The third-order valence-corrected chi connectivity index (χ3v) is 4.02. The van der Waals surface area contributed by atoms with E-state index in [0.717, 1.165) is 11.3 Å². The zero-order valence-electron chi connectivity index (χ0n) is 8.69. The molecule has 2 rings (SSSR count). The maximum atomic E-state index is 11.4. The summed E-state index contributed by atoms with van der Waals surface area (Å²) in [5.41, 5.74) is 1.10. The Labute approximate surface area is 92.3 Å². The highest BCUT2D eigenvalue weighted by Gasteiger charge is 2.45. The molecule has 0 bridgehead atoms. The van der Waals surface area contributed by atoms with E-state index in [1.807, 2.05) is 13.8 Å². The summed E-state index contributed by atoms with van der Waals surface area (Å²) in [6.07, 6.45) is 0.479. The van der Waals surface area contributed by atoms with Crippen LogP contribution in [0.2, 0.25) is 0 Å². The van der Waals surface area contributed by atoms with E-state index in [1.165, 1.54) is 4.90 Å². The van der Waals surface area contributed by atoms with Gasteiger partial charge in [-0.15, -0.1) is 11.8 Å². The minimum absolute atomic E-state index is 0.0612. The predicted octanol–water partition coefficient (Wildman–Crippen LogP) is 1.29. The second-order valence-electron chi connectivity index (χ2n) is 4.07. The topological polar surface area (TPSA) is 57.6 Å². The van der Waals surface area contributed by atoms with Crippen LogP contribution in [0.15, 0.2) is 11.3 Å². The predicted molar refractivity (Wildman–Crippen MR) is 57.2 cm³/mol. The molecule has 2 heterocycles. The first-order valence-electron chi connectivity index (χ1n) is 4.92. The van der Waals surface area contributed by atoms with E-state index in [2.05, 4.69) is 0 Å². The fourth-order valence-electron chi connectivity index (χ4n) is 1.88. The number of amides is 1. The van der Waals surface area contributed by atoms with Crippen molar-refractivity contribution >= 4 is 23.6 Å². The Balaban J connectivity index is 2.41. The molecule has 82 valence electrons. The fourth-order valence-corrected chi connectivity index (χ4v) is 3.35. The van der Waals surface area contributed by atoms with Gasteiger partial charge in [0.05, 0.1) is 11.8 Å². The number of carbonyl (C=O) groups is 2. The first kappa shape index (κ1) is 10.5. The number of nitrogens with zero attached hydrogens (tertiary/aromatic N) is 1. The van der Waals surface area contributed by atoms with Crippen LogP contribution < -0.4 is 0 Å². The van der Waals surface area contributed by atoms with E-state index in [4.69, 9.17) is 5.11 Å². The van der Waals surface area contributed by atoms with Gasteiger partial charge in [0.2, 0.25) is 5.91 Å². The van der Waals surface area contributed by atoms with Crippen molar-refractivity contribution in [2.24, 2.45) is 5.92 Å². The summed E-state index contributed by atoms with van der Waals surface area (Å²) >= 11 is 1.66. The molecule has 0 aromatic carbocycles. The molecular formula is C10H13NO3S. The van der Waals surface area contributed by atoms with Gasteiger partial charge >= 0.3 is 5.97 Å². The van der Waals surface area contributed by atoms with Gasteiger partial charge in [0.25, 0.3) is 0 Å². The SMILES string of the molecule is CC(C)C1=C(C(=O)O)N2C(=O)C[C@H]2SC1. The van der Waals surface area contributed by atoms with E-state index in [-0.39, 0.29) is 22.9 Å². The van der Waals surface area contributed by atoms with Gasteiger partial charge < -0.3 is 5.11 Å². The van der Waals surface area contributed by atoms with Crippen molar-refractivity contribution in [3.63, 3.8) is 0 Å². The van der Waals surface area contributed by atoms with Crippen LogP contribution in [0.5, 0.6) is 0 Å². The Hall–Kier alpha value is -0.970. The van der Waals surface area contributed by atoms with Gasteiger partial charge in [-0.1, -0.05) is 13.8 Å². The molecule has 1 N–H and O–H groups in total. The van der Waals surface area contributed by atoms with Crippen LogP contribution in [-0.2, 0) is 9.59 Å². The molecule has 2 aliphatic heterocycles. The quantitative estimate of drug-likeness (QED) is 0.722. The molecule has 0 saturated carbocycles. The van der Waals surface area contributed by atoms with Crippen molar-refractivity contribution in [3.8, 4) is 0 Å². The van der Waals surface area contributed by atoms with Gasteiger partial charge in [0, 0.05) is 5.75 Å². The Kier molecular flexibility index (Phi) is 2.50. The van der Waals surface area contributed by atoms with Gasteiger partial charge in [-0.2, -0.15) is 0 Å². The molecule has 2 aliphatic rings. The molecule has 15 heavy (non-hydrogen) atoms. The van der Waals surface area contributed by atoms with Gasteiger partial charge in [0.1, 0.15) is 5.70 Å². The second kappa shape index (κ2) is 3.56. The molecule has 1 atom stereocenters. The summed E-state index contributed by atoms with van der Waals surface area (Å²) in [5.74, 6) is -0.133. The molecular weight excluding hydrogens is 214 g/mol. The smallest absolute Gasteiger partial charge is 0.352 e. The fraction of sp³-hybridized carbons (Fsp3) is 0.600. The monoisotopic (exact) mass is 227 g/mol. The number of aliphatic carboxylic acids is 1. The van der Waals surface area contributed by atoms with Crippen LogP contribution in [0.1, 0.15) is 20.3 Å². The van der Waals surface area contributed by atoms with Crippen molar-refractivity contribution in [1.82, 2.24) is 4.90 Å². The number of carboxylic acids is 1. The average molecular weight is 227 g/mol. The number of β-lactam (4-membered cyclic amide) rings is 1. The van der Waals surface area contributed by atoms with Crippen LogP contribution in [0.4, 0.5) is 0 Å². The largest absolute Gasteiger partial charge is 0.477 e. The zero-order chi connectivity index (χ0) is 11.2. The average Bonchev–Trinajstić information content (AvgIpc) is 2.14. The first-order valence-corrected chi connectivity index (χ1v) is 5.97. The molecule has 1 saturated heterocycles. The molecule has 5 heteroatoms. The zero-order valence-corrected chi connectivity index (χ0v) is 9.50. The van der Waals surface area contributed by atoms with Crippen LogP contribution >= 0.6 is 11.8 Å². The third-order valence-electron chi connectivity index (χ3n) is 2.78.